The average molecular weight is 311 g/mol. The van der Waals surface area contributed by atoms with Crippen LogP contribution in [0, 0.1) is 0 Å². The second kappa shape index (κ2) is 5.09. The molecule has 2 aromatic rings. The first-order valence-electron chi connectivity index (χ1n) is 6.14. The smallest absolute Gasteiger partial charge is 0.252 e. The summed E-state index contributed by atoms with van der Waals surface area (Å²) in [5.74, 6) is -0.513. The molecule has 1 amide bonds. The lowest BCUT2D eigenvalue weighted by atomic mass is 10.0. The molecule has 7 heteroatoms. The molecule has 3 rings (SSSR count). The van der Waals surface area contributed by atoms with Crippen LogP contribution in [0.4, 0.5) is 0 Å². The van der Waals surface area contributed by atoms with Gasteiger partial charge in [-0.15, -0.1) is 0 Å². The Bertz CT molecular complexity index is 696. The maximum atomic E-state index is 11.8. The number of rotatable bonds is 2. The quantitative estimate of drug-likeness (QED) is 0.891. The summed E-state index contributed by atoms with van der Waals surface area (Å²) in [5.41, 5.74) is 7.81. The van der Waals surface area contributed by atoms with Crippen molar-refractivity contribution in [3.63, 3.8) is 0 Å². The van der Waals surface area contributed by atoms with Gasteiger partial charge in [-0.1, -0.05) is 35.3 Å². The van der Waals surface area contributed by atoms with Crippen molar-refractivity contribution in [3.8, 4) is 11.3 Å². The number of amides is 1. The number of nitrogens with zero attached hydrogens (tertiary/aromatic N) is 2. The Labute approximate surface area is 125 Å². The number of hydrogen-bond donors (Lipinski definition) is 2. The number of nitrogens with two attached hydrogens (primary N) is 1. The second-order valence-corrected chi connectivity index (χ2v) is 5.32. The van der Waals surface area contributed by atoms with Crippen molar-refractivity contribution >= 4 is 29.1 Å². The van der Waals surface area contributed by atoms with Crippen LogP contribution in [-0.2, 0) is 13.1 Å². The number of fused-ring (bicyclic) bond motifs is 1. The first-order valence-corrected chi connectivity index (χ1v) is 6.89. The van der Waals surface area contributed by atoms with Gasteiger partial charge in [-0.3, -0.25) is 9.48 Å². The van der Waals surface area contributed by atoms with Crippen molar-refractivity contribution in [1.29, 1.82) is 0 Å². The van der Waals surface area contributed by atoms with Crippen molar-refractivity contribution in [2.75, 3.05) is 6.54 Å². The van der Waals surface area contributed by atoms with E-state index in [4.69, 9.17) is 28.9 Å². The van der Waals surface area contributed by atoms with E-state index >= 15 is 0 Å². The minimum absolute atomic E-state index is 0.375. The van der Waals surface area contributed by atoms with E-state index in [0.29, 0.717) is 40.0 Å². The molecule has 2 heterocycles. The lowest BCUT2D eigenvalue weighted by molar-refractivity contribution is 0.0999. The van der Waals surface area contributed by atoms with Gasteiger partial charge in [-0.2, -0.15) is 5.10 Å². The molecule has 0 radical (unpaired) electrons. The monoisotopic (exact) mass is 310 g/mol. The molecule has 1 aromatic heterocycles. The highest BCUT2D eigenvalue weighted by atomic mass is 35.5. The first-order chi connectivity index (χ1) is 9.59. The van der Waals surface area contributed by atoms with Crippen molar-refractivity contribution in [2.45, 2.75) is 13.1 Å². The summed E-state index contributed by atoms with van der Waals surface area (Å²) in [6.45, 7) is 2.05. The molecule has 0 saturated carbocycles. The zero-order valence-corrected chi connectivity index (χ0v) is 12.0. The fraction of sp³-hybridized carbons (Fsp3) is 0.231. The van der Waals surface area contributed by atoms with Crippen LogP contribution in [-0.4, -0.2) is 22.2 Å². The number of benzene rings is 1. The molecule has 5 nitrogen and oxygen atoms in total. The van der Waals surface area contributed by atoms with E-state index in [1.165, 1.54) is 0 Å². The Kier molecular flexibility index (Phi) is 3.41. The zero-order chi connectivity index (χ0) is 14.3. The standard InChI is InChI=1S/C13H12Cl2N4O/c14-8-3-1-2-7(11(8)15)12-10(13(16)20)9-6-17-4-5-19(9)18-12/h1-3,17H,4-6H2,(H2,16,20). The molecule has 0 saturated heterocycles. The van der Waals surface area contributed by atoms with Crippen LogP contribution in [0.3, 0.4) is 0 Å². The molecule has 0 fully saturated rings. The maximum absolute atomic E-state index is 11.8. The topological polar surface area (TPSA) is 72.9 Å². The molecular formula is C13H12Cl2N4O. The Balaban J connectivity index is 2.26. The van der Waals surface area contributed by atoms with E-state index < -0.39 is 5.91 Å². The maximum Gasteiger partial charge on any atom is 0.252 e. The second-order valence-electron chi connectivity index (χ2n) is 4.54. The summed E-state index contributed by atoms with van der Waals surface area (Å²) in [6.07, 6.45) is 0. The van der Waals surface area contributed by atoms with Crippen molar-refractivity contribution in [3.05, 3.63) is 39.5 Å². The normalized spacial score (nSPS) is 14.1. The van der Waals surface area contributed by atoms with Gasteiger partial charge in [0.2, 0.25) is 0 Å². The number of primary amides is 1. The molecule has 104 valence electrons. The Morgan fingerprint density at radius 2 is 2.20 bits per heavy atom. The molecule has 0 atom stereocenters. The minimum Gasteiger partial charge on any atom is -0.365 e. The number of halogens is 2. The molecule has 0 spiro atoms. The molecule has 3 N–H and O–H groups in total. The lowest BCUT2D eigenvalue weighted by Crippen LogP contribution is -2.30. The SMILES string of the molecule is NC(=O)c1c(-c2cccc(Cl)c2Cl)nn2c1CNCC2. The third kappa shape index (κ3) is 2.08. The van der Waals surface area contributed by atoms with E-state index in [-0.39, 0.29) is 0 Å². The van der Waals surface area contributed by atoms with Gasteiger partial charge in [0, 0.05) is 18.7 Å². The average Bonchev–Trinajstić information content (AvgIpc) is 2.81. The number of carbonyl (C=O) groups excluding carboxylic acids is 1. The van der Waals surface area contributed by atoms with E-state index in [0.717, 1.165) is 12.2 Å². The van der Waals surface area contributed by atoms with Crippen molar-refractivity contribution < 1.29 is 4.79 Å². The molecule has 1 aromatic carbocycles. The van der Waals surface area contributed by atoms with Crippen molar-refractivity contribution in [1.82, 2.24) is 15.1 Å². The molecule has 0 aliphatic carbocycles. The number of aromatic nitrogens is 2. The minimum atomic E-state index is -0.513. The van der Waals surface area contributed by atoms with E-state index in [2.05, 4.69) is 10.4 Å². The van der Waals surface area contributed by atoms with Crippen LogP contribution in [0.1, 0.15) is 16.1 Å². The Morgan fingerprint density at radius 3 is 2.95 bits per heavy atom. The Morgan fingerprint density at radius 1 is 1.40 bits per heavy atom. The lowest BCUT2D eigenvalue weighted by Gasteiger charge is -2.15. The van der Waals surface area contributed by atoms with E-state index in [1.54, 1.807) is 22.9 Å². The predicted molar refractivity (Wildman–Crippen MR) is 77.9 cm³/mol. The van der Waals surface area contributed by atoms with E-state index in [1.807, 2.05) is 0 Å². The van der Waals surface area contributed by atoms with Crippen LogP contribution < -0.4 is 11.1 Å². The number of carbonyl (C=O) groups is 1. The summed E-state index contributed by atoms with van der Waals surface area (Å²) in [7, 11) is 0. The molecule has 1 aliphatic rings. The van der Waals surface area contributed by atoms with Gasteiger partial charge in [0.25, 0.3) is 5.91 Å². The highest BCUT2D eigenvalue weighted by Gasteiger charge is 2.26. The third-order valence-corrected chi connectivity index (χ3v) is 4.12. The van der Waals surface area contributed by atoms with Crippen LogP contribution in [0.5, 0.6) is 0 Å². The molecule has 0 bridgehead atoms. The van der Waals surface area contributed by atoms with Crippen LogP contribution in [0.15, 0.2) is 18.2 Å². The predicted octanol–water partition coefficient (Wildman–Crippen LogP) is 2.06. The van der Waals surface area contributed by atoms with Gasteiger partial charge >= 0.3 is 0 Å². The molecule has 0 unspecified atom stereocenters. The fourth-order valence-corrected chi connectivity index (χ4v) is 2.78. The molecule has 20 heavy (non-hydrogen) atoms. The Hall–Kier alpha value is -1.56. The van der Waals surface area contributed by atoms with Gasteiger partial charge in [-0.05, 0) is 6.07 Å². The van der Waals surface area contributed by atoms with Gasteiger partial charge in [-0.25, -0.2) is 0 Å². The summed E-state index contributed by atoms with van der Waals surface area (Å²) >= 11 is 12.2. The molecular weight excluding hydrogens is 299 g/mol. The summed E-state index contributed by atoms with van der Waals surface area (Å²) in [4.78, 5) is 11.8. The van der Waals surface area contributed by atoms with Gasteiger partial charge in [0.15, 0.2) is 0 Å². The zero-order valence-electron chi connectivity index (χ0n) is 10.5. The number of hydrogen-bond acceptors (Lipinski definition) is 3. The highest BCUT2D eigenvalue weighted by molar-refractivity contribution is 6.43. The van der Waals surface area contributed by atoms with Crippen LogP contribution in [0.2, 0.25) is 10.0 Å². The van der Waals surface area contributed by atoms with Gasteiger partial charge in [0.1, 0.15) is 5.69 Å². The fourth-order valence-electron chi connectivity index (χ4n) is 2.39. The van der Waals surface area contributed by atoms with Crippen LogP contribution in [0.25, 0.3) is 11.3 Å². The van der Waals surface area contributed by atoms with Crippen molar-refractivity contribution in [2.24, 2.45) is 5.73 Å². The van der Waals surface area contributed by atoms with Crippen LogP contribution >= 0.6 is 23.2 Å². The first kappa shape index (κ1) is 13.4. The summed E-state index contributed by atoms with van der Waals surface area (Å²) < 4.78 is 1.79. The van der Waals surface area contributed by atoms with Gasteiger partial charge in [0.05, 0.1) is 27.8 Å². The van der Waals surface area contributed by atoms with E-state index in [9.17, 15) is 4.79 Å². The highest BCUT2D eigenvalue weighted by Crippen LogP contribution is 2.35. The van der Waals surface area contributed by atoms with Gasteiger partial charge < -0.3 is 11.1 Å². The summed E-state index contributed by atoms with van der Waals surface area (Å²) in [6, 6.07) is 5.24. The number of nitrogens with one attached hydrogen (secondary N) is 1. The third-order valence-electron chi connectivity index (χ3n) is 3.30. The molecule has 1 aliphatic heterocycles. The summed E-state index contributed by atoms with van der Waals surface area (Å²) in [5, 5.41) is 8.47. The largest absolute Gasteiger partial charge is 0.365 e.